The molecule has 1 fully saturated rings. The number of allylic oxidation sites excluding steroid dienone is 1. The van der Waals surface area contributed by atoms with Crippen LogP contribution in [0.4, 0.5) is 0 Å². The zero-order valence-electron chi connectivity index (χ0n) is 12.6. The molecule has 1 aliphatic heterocycles. The van der Waals surface area contributed by atoms with Gasteiger partial charge in [0.1, 0.15) is 17.1 Å². The molecule has 1 aromatic carbocycles. The summed E-state index contributed by atoms with van der Waals surface area (Å²) in [6.45, 7) is 0. The van der Waals surface area contributed by atoms with Gasteiger partial charge in [-0.25, -0.2) is 8.42 Å². The molecule has 0 radical (unpaired) electrons. The molecule has 1 N–H and O–H groups in total. The lowest BCUT2D eigenvalue weighted by Gasteiger charge is -2.17. The molecule has 0 saturated heterocycles. The third-order valence-corrected chi connectivity index (χ3v) is 6.03. The van der Waals surface area contributed by atoms with Gasteiger partial charge in [0.15, 0.2) is 21.4 Å². The summed E-state index contributed by atoms with van der Waals surface area (Å²) in [5.74, 6) is -1.02. The number of carbonyl (C=O) groups excluding carboxylic acids is 2. The minimum atomic E-state index is -3.34. The van der Waals surface area contributed by atoms with Gasteiger partial charge in [0, 0.05) is 18.4 Å². The Morgan fingerprint density at radius 3 is 2.39 bits per heavy atom. The van der Waals surface area contributed by atoms with Crippen LogP contribution in [0.1, 0.15) is 30.4 Å². The van der Waals surface area contributed by atoms with Gasteiger partial charge in [-0.15, -0.1) is 0 Å². The summed E-state index contributed by atoms with van der Waals surface area (Å²) < 4.78 is 29.2. The van der Waals surface area contributed by atoms with E-state index >= 15 is 0 Å². The molecule has 0 atom stereocenters. The van der Waals surface area contributed by atoms with Crippen LogP contribution in [0.5, 0.6) is 5.75 Å². The molecule has 0 aromatic heterocycles. The van der Waals surface area contributed by atoms with Crippen molar-refractivity contribution in [2.75, 3.05) is 12.9 Å². The Balaban J connectivity index is 2.22. The first kappa shape index (κ1) is 15.7. The van der Waals surface area contributed by atoms with Crippen LogP contribution >= 0.6 is 0 Å². The van der Waals surface area contributed by atoms with Crippen molar-refractivity contribution in [2.45, 2.75) is 30.6 Å². The predicted molar refractivity (Wildman–Crippen MR) is 82.2 cm³/mol. The van der Waals surface area contributed by atoms with Crippen LogP contribution in [-0.4, -0.2) is 38.0 Å². The first-order chi connectivity index (χ1) is 10.9. The van der Waals surface area contributed by atoms with Gasteiger partial charge < -0.3 is 9.84 Å². The summed E-state index contributed by atoms with van der Waals surface area (Å²) >= 11 is 0. The number of benzene rings is 1. The number of sulfone groups is 1. The van der Waals surface area contributed by atoms with Gasteiger partial charge in [0.05, 0.1) is 23.3 Å². The van der Waals surface area contributed by atoms with E-state index in [2.05, 4.69) is 0 Å². The van der Waals surface area contributed by atoms with Crippen LogP contribution in [0.3, 0.4) is 0 Å². The van der Waals surface area contributed by atoms with Gasteiger partial charge in [-0.3, -0.25) is 9.59 Å². The highest BCUT2D eigenvalue weighted by molar-refractivity contribution is 7.91. The van der Waals surface area contributed by atoms with Crippen LogP contribution in [0.2, 0.25) is 0 Å². The summed E-state index contributed by atoms with van der Waals surface area (Å²) in [4.78, 5) is 24.1. The van der Waals surface area contributed by atoms with E-state index in [4.69, 9.17) is 4.74 Å². The van der Waals surface area contributed by atoms with Gasteiger partial charge in [-0.1, -0.05) is 0 Å². The van der Waals surface area contributed by atoms with E-state index in [0.717, 1.165) is 0 Å². The highest BCUT2D eigenvalue weighted by atomic mass is 32.2. The Labute approximate surface area is 133 Å². The molecule has 1 saturated carbocycles. The summed E-state index contributed by atoms with van der Waals surface area (Å²) in [6, 6.07) is 2.78. The molecule has 3 rings (SSSR count). The maximum Gasteiger partial charge on any atom is 0.179 e. The second-order valence-electron chi connectivity index (χ2n) is 5.62. The van der Waals surface area contributed by atoms with Crippen LogP contribution in [0.25, 0.3) is 5.76 Å². The number of ketones is 2. The SMILES string of the molecule is COc1c(C(O)=C2C(=O)CCCC2=O)ccc2c1CCS2(=O)=O. The minimum absolute atomic E-state index is 0.0165. The maximum absolute atomic E-state index is 12.0. The molecule has 0 unspecified atom stereocenters. The first-order valence-electron chi connectivity index (χ1n) is 7.29. The quantitative estimate of drug-likeness (QED) is 0.501. The number of hydrogen-bond donors (Lipinski definition) is 1. The molecule has 0 bridgehead atoms. The van der Waals surface area contributed by atoms with Crippen LogP contribution in [0, 0.1) is 0 Å². The molecule has 1 heterocycles. The molecular weight excluding hydrogens is 320 g/mol. The highest BCUT2D eigenvalue weighted by Crippen LogP contribution is 2.39. The zero-order chi connectivity index (χ0) is 16.8. The van der Waals surface area contributed by atoms with Crippen molar-refractivity contribution in [1.29, 1.82) is 0 Å². The Hall–Kier alpha value is -2.15. The molecule has 7 heteroatoms. The molecule has 0 spiro atoms. The fourth-order valence-corrected chi connectivity index (χ4v) is 4.66. The van der Waals surface area contributed by atoms with E-state index in [-0.39, 0.29) is 46.8 Å². The van der Waals surface area contributed by atoms with Gasteiger partial charge in [0.2, 0.25) is 0 Å². The van der Waals surface area contributed by atoms with Crippen molar-refractivity contribution >= 4 is 27.2 Å². The molecule has 0 amide bonds. The van der Waals surface area contributed by atoms with Gasteiger partial charge in [-0.2, -0.15) is 0 Å². The Morgan fingerprint density at radius 1 is 1.13 bits per heavy atom. The van der Waals surface area contributed by atoms with Crippen LogP contribution < -0.4 is 4.74 Å². The lowest BCUT2D eigenvalue weighted by Crippen LogP contribution is -2.20. The summed E-state index contributed by atoms with van der Waals surface area (Å²) in [5, 5.41) is 10.5. The smallest absolute Gasteiger partial charge is 0.179 e. The van der Waals surface area contributed by atoms with Gasteiger partial charge >= 0.3 is 0 Å². The maximum atomic E-state index is 12.0. The Morgan fingerprint density at radius 2 is 1.78 bits per heavy atom. The van der Waals surface area contributed by atoms with Gasteiger partial charge in [-0.05, 0) is 25.0 Å². The van der Waals surface area contributed by atoms with Crippen molar-refractivity contribution in [1.82, 2.24) is 0 Å². The predicted octanol–water partition coefficient (Wildman–Crippen LogP) is 1.62. The van der Waals surface area contributed by atoms with Crippen molar-refractivity contribution < 1.29 is 27.9 Å². The summed E-state index contributed by atoms with van der Waals surface area (Å²) in [7, 11) is -1.97. The van der Waals surface area contributed by atoms with Crippen molar-refractivity contribution in [2.24, 2.45) is 0 Å². The number of rotatable bonds is 2. The normalized spacial score (nSPS) is 19.6. The lowest BCUT2D eigenvalue weighted by atomic mass is 9.89. The molecule has 6 nitrogen and oxygen atoms in total. The van der Waals surface area contributed by atoms with Gasteiger partial charge in [0.25, 0.3) is 0 Å². The molecule has 122 valence electrons. The summed E-state index contributed by atoms with van der Waals surface area (Å²) in [6.07, 6.45) is 1.19. The van der Waals surface area contributed by atoms with Crippen LogP contribution in [0.15, 0.2) is 22.6 Å². The molecular formula is C16H16O6S. The lowest BCUT2D eigenvalue weighted by molar-refractivity contribution is -0.123. The van der Waals surface area contributed by atoms with E-state index in [1.807, 2.05) is 0 Å². The van der Waals surface area contributed by atoms with Crippen molar-refractivity contribution in [3.05, 3.63) is 28.8 Å². The number of methoxy groups -OCH3 is 1. The molecule has 2 aliphatic rings. The van der Waals surface area contributed by atoms with E-state index in [1.54, 1.807) is 0 Å². The third-order valence-electron chi connectivity index (χ3n) is 4.23. The average molecular weight is 336 g/mol. The minimum Gasteiger partial charge on any atom is -0.506 e. The number of Topliss-reactive ketones (excluding diaryl/α,β-unsaturated/α-hetero) is 2. The van der Waals surface area contributed by atoms with E-state index < -0.39 is 27.2 Å². The second kappa shape index (κ2) is 5.49. The fraction of sp³-hybridized carbons (Fsp3) is 0.375. The number of fused-ring (bicyclic) bond motifs is 1. The Bertz CT molecular complexity index is 830. The average Bonchev–Trinajstić information content (AvgIpc) is 2.81. The number of ether oxygens (including phenoxy) is 1. The monoisotopic (exact) mass is 336 g/mol. The zero-order valence-corrected chi connectivity index (χ0v) is 13.4. The number of aliphatic hydroxyl groups excluding tert-OH is 1. The van der Waals surface area contributed by atoms with Crippen molar-refractivity contribution in [3.8, 4) is 5.75 Å². The third kappa shape index (κ3) is 2.45. The standard InChI is InChI=1S/C16H16O6S/c1-22-16-9-7-8-23(20,21)13(9)6-5-10(16)15(19)14-11(17)3-2-4-12(14)18/h5-6,19H,2-4,7-8H2,1H3. The molecule has 1 aliphatic carbocycles. The largest absolute Gasteiger partial charge is 0.506 e. The first-order valence-corrected chi connectivity index (χ1v) is 8.94. The molecule has 23 heavy (non-hydrogen) atoms. The number of carbonyl (C=O) groups is 2. The number of hydrogen-bond acceptors (Lipinski definition) is 6. The van der Waals surface area contributed by atoms with E-state index in [0.29, 0.717) is 12.0 Å². The van der Waals surface area contributed by atoms with E-state index in [1.165, 1.54) is 19.2 Å². The van der Waals surface area contributed by atoms with E-state index in [9.17, 15) is 23.1 Å². The fourth-order valence-electron chi connectivity index (χ4n) is 3.12. The molecule has 1 aromatic rings. The highest BCUT2D eigenvalue weighted by Gasteiger charge is 2.33. The summed E-state index contributed by atoms with van der Waals surface area (Å²) in [5.41, 5.74) is 0.449. The van der Waals surface area contributed by atoms with Crippen molar-refractivity contribution in [3.63, 3.8) is 0 Å². The Kier molecular flexibility index (Phi) is 3.75. The second-order valence-corrected chi connectivity index (χ2v) is 7.69. The van der Waals surface area contributed by atoms with Crippen LogP contribution in [-0.2, 0) is 25.8 Å². The number of aliphatic hydroxyl groups is 1. The topological polar surface area (TPSA) is 97.7 Å².